The van der Waals surface area contributed by atoms with Crippen LogP contribution in [0.1, 0.15) is 23.1 Å². The molecule has 2 atom stereocenters. The van der Waals surface area contributed by atoms with Crippen molar-refractivity contribution in [3.8, 4) is 0 Å². The zero-order valence-corrected chi connectivity index (χ0v) is 10.6. The normalized spacial score (nSPS) is 23.2. The highest BCUT2D eigenvalue weighted by molar-refractivity contribution is 6.30. The SMILES string of the molecule is Clc1ccc(C2NNCC2c2ccncc2)cc1. The lowest BCUT2D eigenvalue weighted by molar-refractivity contribution is 0.554. The van der Waals surface area contributed by atoms with Gasteiger partial charge in [0.1, 0.15) is 0 Å². The fraction of sp³-hybridized carbons (Fsp3) is 0.214. The fourth-order valence-electron chi connectivity index (χ4n) is 2.40. The second-order valence-electron chi connectivity index (χ2n) is 4.44. The number of hydrazine groups is 1. The smallest absolute Gasteiger partial charge is 0.0543 e. The molecule has 3 rings (SSSR count). The lowest BCUT2D eigenvalue weighted by atomic mass is 9.89. The van der Waals surface area contributed by atoms with Crippen molar-refractivity contribution < 1.29 is 0 Å². The van der Waals surface area contributed by atoms with Crippen LogP contribution in [0.4, 0.5) is 0 Å². The van der Waals surface area contributed by atoms with Crippen molar-refractivity contribution in [1.82, 2.24) is 15.8 Å². The van der Waals surface area contributed by atoms with Crippen molar-refractivity contribution in [2.75, 3.05) is 6.54 Å². The van der Waals surface area contributed by atoms with Gasteiger partial charge in [0.15, 0.2) is 0 Å². The maximum Gasteiger partial charge on any atom is 0.0543 e. The van der Waals surface area contributed by atoms with Crippen LogP contribution in [0, 0.1) is 0 Å². The molecule has 1 aromatic carbocycles. The first-order valence-corrected chi connectivity index (χ1v) is 6.36. The van der Waals surface area contributed by atoms with Gasteiger partial charge >= 0.3 is 0 Å². The molecule has 0 amide bonds. The minimum atomic E-state index is 0.268. The molecular weight excluding hydrogens is 246 g/mol. The maximum atomic E-state index is 5.93. The predicted molar refractivity (Wildman–Crippen MR) is 72.3 cm³/mol. The predicted octanol–water partition coefficient (Wildman–Crippen LogP) is 2.67. The summed E-state index contributed by atoms with van der Waals surface area (Å²) < 4.78 is 0. The van der Waals surface area contributed by atoms with E-state index in [2.05, 4.69) is 40.1 Å². The van der Waals surface area contributed by atoms with Crippen molar-refractivity contribution in [1.29, 1.82) is 0 Å². The average Bonchev–Trinajstić information content (AvgIpc) is 2.90. The number of rotatable bonds is 2. The topological polar surface area (TPSA) is 37.0 Å². The Morgan fingerprint density at radius 2 is 1.72 bits per heavy atom. The van der Waals surface area contributed by atoms with Crippen LogP contribution < -0.4 is 10.9 Å². The van der Waals surface area contributed by atoms with Crippen LogP contribution in [0.2, 0.25) is 5.02 Å². The van der Waals surface area contributed by atoms with Gasteiger partial charge in [-0.3, -0.25) is 10.4 Å². The van der Waals surface area contributed by atoms with Crippen LogP contribution >= 0.6 is 11.6 Å². The van der Waals surface area contributed by atoms with E-state index in [1.807, 2.05) is 24.5 Å². The number of nitrogens with one attached hydrogen (secondary N) is 2. The Balaban J connectivity index is 1.90. The molecule has 1 saturated heterocycles. The molecule has 18 heavy (non-hydrogen) atoms. The largest absolute Gasteiger partial charge is 0.265 e. The molecule has 0 spiro atoms. The standard InChI is InChI=1S/C14H14ClN3/c15-12-3-1-11(2-4-12)14-13(9-17-18-14)10-5-7-16-8-6-10/h1-8,13-14,17-18H,9H2. The van der Waals surface area contributed by atoms with Gasteiger partial charge in [-0.2, -0.15) is 0 Å². The summed E-state index contributed by atoms with van der Waals surface area (Å²) in [7, 11) is 0. The van der Waals surface area contributed by atoms with Crippen molar-refractivity contribution in [3.05, 3.63) is 64.9 Å². The molecule has 1 fully saturated rings. The Kier molecular flexibility index (Phi) is 3.28. The molecule has 92 valence electrons. The van der Waals surface area contributed by atoms with Gasteiger partial charge in [-0.1, -0.05) is 23.7 Å². The summed E-state index contributed by atoms with van der Waals surface area (Å²) in [4.78, 5) is 4.07. The van der Waals surface area contributed by atoms with Crippen LogP contribution in [0.15, 0.2) is 48.8 Å². The Labute approximate surface area is 111 Å². The lowest BCUT2D eigenvalue weighted by Gasteiger charge is -2.19. The van der Waals surface area contributed by atoms with Gasteiger partial charge in [0.2, 0.25) is 0 Å². The number of pyridine rings is 1. The third-order valence-corrected chi connectivity index (χ3v) is 3.60. The molecule has 2 N–H and O–H groups in total. The third kappa shape index (κ3) is 2.25. The van der Waals surface area contributed by atoms with Crippen molar-refractivity contribution in [3.63, 3.8) is 0 Å². The number of hydrogen-bond donors (Lipinski definition) is 2. The number of benzene rings is 1. The van der Waals surface area contributed by atoms with Crippen molar-refractivity contribution >= 4 is 11.6 Å². The summed E-state index contributed by atoms with van der Waals surface area (Å²) in [6, 6.07) is 12.4. The fourth-order valence-corrected chi connectivity index (χ4v) is 2.53. The van der Waals surface area contributed by atoms with Crippen LogP contribution in [-0.4, -0.2) is 11.5 Å². The second-order valence-corrected chi connectivity index (χ2v) is 4.88. The first-order valence-electron chi connectivity index (χ1n) is 5.98. The van der Waals surface area contributed by atoms with Gasteiger partial charge in [0.05, 0.1) is 6.04 Å². The maximum absolute atomic E-state index is 5.93. The zero-order chi connectivity index (χ0) is 12.4. The van der Waals surface area contributed by atoms with E-state index >= 15 is 0 Å². The first-order chi connectivity index (χ1) is 8.84. The highest BCUT2D eigenvalue weighted by Gasteiger charge is 2.29. The minimum Gasteiger partial charge on any atom is -0.265 e. The lowest BCUT2D eigenvalue weighted by Crippen LogP contribution is -2.24. The number of nitrogens with zero attached hydrogens (tertiary/aromatic N) is 1. The molecule has 3 nitrogen and oxygen atoms in total. The van der Waals surface area contributed by atoms with E-state index in [4.69, 9.17) is 11.6 Å². The van der Waals surface area contributed by atoms with E-state index in [-0.39, 0.29) is 6.04 Å². The Morgan fingerprint density at radius 3 is 2.44 bits per heavy atom. The monoisotopic (exact) mass is 259 g/mol. The van der Waals surface area contributed by atoms with Gasteiger partial charge in [-0.25, -0.2) is 5.43 Å². The molecule has 0 bridgehead atoms. The molecule has 0 saturated carbocycles. The van der Waals surface area contributed by atoms with Gasteiger partial charge in [0.25, 0.3) is 0 Å². The van der Waals surface area contributed by atoms with Crippen molar-refractivity contribution in [2.24, 2.45) is 0 Å². The second kappa shape index (κ2) is 5.06. The molecule has 2 heterocycles. The summed E-state index contributed by atoms with van der Waals surface area (Å²) in [5, 5.41) is 0.769. The van der Waals surface area contributed by atoms with E-state index in [9.17, 15) is 0 Å². The van der Waals surface area contributed by atoms with Crippen LogP contribution in [-0.2, 0) is 0 Å². The molecule has 1 aliphatic heterocycles. The van der Waals surface area contributed by atoms with E-state index in [1.165, 1.54) is 11.1 Å². The Hall–Kier alpha value is -1.42. The number of hydrogen-bond acceptors (Lipinski definition) is 3. The molecule has 1 aromatic heterocycles. The summed E-state index contributed by atoms with van der Waals surface area (Å²) in [6.07, 6.45) is 3.68. The molecule has 0 aliphatic carbocycles. The van der Waals surface area contributed by atoms with Gasteiger partial charge in [-0.15, -0.1) is 0 Å². The first kappa shape index (κ1) is 11.7. The highest BCUT2D eigenvalue weighted by Crippen LogP contribution is 2.33. The highest BCUT2D eigenvalue weighted by atomic mass is 35.5. The molecule has 1 aliphatic rings. The zero-order valence-electron chi connectivity index (χ0n) is 9.81. The van der Waals surface area contributed by atoms with Gasteiger partial charge in [-0.05, 0) is 35.4 Å². The van der Waals surface area contributed by atoms with E-state index < -0.39 is 0 Å². The molecular formula is C14H14ClN3. The molecule has 2 aromatic rings. The van der Waals surface area contributed by atoms with E-state index in [0.717, 1.165) is 11.6 Å². The number of aromatic nitrogens is 1. The van der Waals surface area contributed by atoms with Crippen LogP contribution in [0.25, 0.3) is 0 Å². The summed E-state index contributed by atoms with van der Waals surface area (Å²) in [6.45, 7) is 0.914. The molecule has 0 radical (unpaired) electrons. The molecule has 2 unspecified atom stereocenters. The summed E-state index contributed by atoms with van der Waals surface area (Å²) in [5.41, 5.74) is 9.09. The van der Waals surface area contributed by atoms with E-state index in [1.54, 1.807) is 0 Å². The summed E-state index contributed by atoms with van der Waals surface area (Å²) >= 11 is 5.93. The van der Waals surface area contributed by atoms with Gasteiger partial charge in [0, 0.05) is 29.9 Å². The minimum absolute atomic E-state index is 0.268. The Morgan fingerprint density at radius 1 is 1.00 bits per heavy atom. The van der Waals surface area contributed by atoms with Crippen molar-refractivity contribution in [2.45, 2.75) is 12.0 Å². The average molecular weight is 260 g/mol. The van der Waals surface area contributed by atoms with Crippen LogP contribution in [0.5, 0.6) is 0 Å². The number of halogens is 1. The Bertz CT molecular complexity index is 512. The third-order valence-electron chi connectivity index (χ3n) is 3.35. The van der Waals surface area contributed by atoms with Gasteiger partial charge < -0.3 is 0 Å². The quantitative estimate of drug-likeness (QED) is 0.871. The van der Waals surface area contributed by atoms with Crippen LogP contribution in [0.3, 0.4) is 0 Å². The van der Waals surface area contributed by atoms with E-state index in [0.29, 0.717) is 5.92 Å². The molecule has 4 heteroatoms. The summed E-state index contributed by atoms with van der Waals surface area (Å²) in [5.74, 6) is 0.411.